The molecule has 9 nitrogen and oxygen atoms in total. The van der Waals surface area contributed by atoms with Gasteiger partial charge in [0.05, 0.1) is 9.95 Å². The fourth-order valence-corrected chi connectivity index (χ4v) is 3.16. The van der Waals surface area contributed by atoms with Gasteiger partial charge in [0.1, 0.15) is 5.75 Å². The summed E-state index contributed by atoms with van der Waals surface area (Å²) in [6, 6.07) is 13.0. The van der Waals surface area contributed by atoms with Crippen molar-refractivity contribution >= 4 is 34.9 Å². The highest BCUT2D eigenvalue weighted by Crippen LogP contribution is 2.23. The van der Waals surface area contributed by atoms with Crippen molar-refractivity contribution in [2.45, 2.75) is 0 Å². The molecule has 0 saturated carbocycles. The first-order valence-electron chi connectivity index (χ1n) is 9.24. The van der Waals surface area contributed by atoms with Gasteiger partial charge in [-0.1, -0.05) is 23.7 Å². The minimum absolute atomic E-state index is 0.0351. The van der Waals surface area contributed by atoms with E-state index in [1.807, 2.05) is 4.90 Å². The number of rotatable bonds is 7. The van der Waals surface area contributed by atoms with Gasteiger partial charge >= 0.3 is 5.97 Å². The molecule has 1 heterocycles. The number of para-hydroxylation sites is 1. The molecule has 2 aromatic rings. The van der Waals surface area contributed by atoms with Crippen LogP contribution in [-0.2, 0) is 14.3 Å². The van der Waals surface area contributed by atoms with Gasteiger partial charge in [0.15, 0.2) is 13.2 Å². The molecule has 158 valence electrons. The van der Waals surface area contributed by atoms with E-state index < -0.39 is 10.9 Å². The SMILES string of the molecule is O=C(COc1ccccc1Cl)OCC(=O)N1CCN(c2ccc([N+](=O)[O-])cc2)CC1. The molecule has 0 aliphatic carbocycles. The number of nitrogens with zero attached hydrogens (tertiary/aromatic N) is 3. The van der Waals surface area contributed by atoms with E-state index in [-0.39, 0.29) is 24.8 Å². The molecule has 0 unspecified atom stereocenters. The number of piperazine rings is 1. The molecule has 1 amide bonds. The van der Waals surface area contributed by atoms with E-state index >= 15 is 0 Å². The predicted octanol–water partition coefficient (Wildman–Crippen LogP) is 2.52. The number of ether oxygens (including phenoxy) is 2. The highest BCUT2D eigenvalue weighted by molar-refractivity contribution is 6.32. The number of nitro benzene ring substituents is 1. The van der Waals surface area contributed by atoms with Crippen LogP contribution in [0.1, 0.15) is 0 Å². The Morgan fingerprint density at radius 2 is 1.67 bits per heavy atom. The second-order valence-corrected chi connectivity index (χ2v) is 6.93. The molecular formula is C20H20ClN3O6. The summed E-state index contributed by atoms with van der Waals surface area (Å²) < 4.78 is 10.3. The summed E-state index contributed by atoms with van der Waals surface area (Å²) in [6.45, 7) is 1.38. The normalized spacial score (nSPS) is 13.6. The summed E-state index contributed by atoms with van der Waals surface area (Å²) in [6.07, 6.45) is 0. The van der Waals surface area contributed by atoms with Gasteiger partial charge in [-0.15, -0.1) is 0 Å². The Kier molecular flexibility index (Phi) is 7.08. The minimum Gasteiger partial charge on any atom is -0.480 e. The lowest BCUT2D eigenvalue weighted by molar-refractivity contribution is -0.384. The number of carbonyl (C=O) groups is 2. The van der Waals surface area contributed by atoms with E-state index in [1.54, 1.807) is 41.3 Å². The fourth-order valence-electron chi connectivity index (χ4n) is 2.97. The zero-order valence-electron chi connectivity index (χ0n) is 16.0. The van der Waals surface area contributed by atoms with Gasteiger partial charge in [-0.3, -0.25) is 14.9 Å². The van der Waals surface area contributed by atoms with E-state index in [1.165, 1.54) is 12.1 Å². The molecule has 3 rings (SSSR count). The second-order valence-electron chi connectivity index (χ2n) is 6.52. The molecule has 0 bridgehead atoms. The molecule has 0 N–H and O–H groups in total. The van der Waals surface area contributed by atoms with Crippen LogP contribution in [0.25, 0.3) is 0 Å². The third-order valence-corrected chi connectivity index (χ3v) is 4.91. The number of esters is 1. The molecule has 0 radical (unpaired) electrons. The van der Waals surface area contributed by atoms with Crippen molar-refractivity contribution in [3.05, 3.63) is 63.7 Å². The van der Waals surface area contributed by atoms with Crippen LogP contribution in [0.3, 0.4) is 0 Å². The standard InChI is InChI=1S/C20H20ClN3O6/c21-17-3-1-2-4-18(17)29-14-20(26)30-13-19(25)23-11-9-22(10-12-23)15-5-7-16(8-6-15)24(27)28/h1-8H,9-14H2. The predicted molar refractivity (Wildman–Crippen MR) is 110 cm³/mol. The van der Waals surface area contributed by atoms with E-state index in [2.05, 4.69) is 0 Å². The largest absolute Gasteiger partial charge is 0.480 e. The lowest BCUT2D eigenvalue weighted by Gasteiger charge is -2.36. The first-order valence-corrected chi connectivity index (χ1v) is 9.62. The Balaban J connectivity index is 1.40. The van der Waals surface area contributed by atoms with Crippen molar-refractivity contribution in [2.24, 2.45) is 0 Å². The van der Waals surface area contributed by atoms with E-state index in [9.17, 15) is 19.7 Å². The first kappa shape index (κ1) is 21.4. The van der Waals surface area contributed by atoms with Gasteiger partial charge < -0.3 is 19.3 Å². The number of anilines is 1. The molecule has 30 heavy (non-hydrogen) atoms. The van der Waals surface area contributed by atoms with Gasteiger partial charge in [0, 0.05) is 44.0 Å². The maximum Gasteiger partial charge on any atom is 0.344 e. The smallest absolute Gasteiger partial charge is 0.344 e. The molecule has 0 aromatic heterocycles. The topological polar surface area (TPSA) is 102 Å². The van der Waals surface area contributed by atoms with E-state index in [4.69, 9.17) is 21.1 Å². The maximum atomic E-state index is 12.3. The van der Waals surface area contributed by atoms with Crippen molar-refractivity contribution < 1.29 is 24.0 Å². The molecule has 0 atom stereocenters. The summed E-state index contributed by atoms with van der Waals surface area (Å²) in [5.41, 5.74) is 0.892. The molecule has 1 aliphatic heterocycles. The average Bonchev–Trinajstić information content (AvgIpc) is 2.77. The lowest BCUT2D eigenvalue weighted by Crippen LogP contribution is -2.50. The Labute approximate surface area is 177 Å². The van der Waals surface area contributed by atoms with E-state index in [0.717, 1.165) is 5.69 Å². The number of carbonyl (C=O) groups excluding carboxylic acids is 2. The van der Waals surface area contributed by atoms with Crippen molar-refractivity contribution in [3.8, 4) is 5.75 Å². The number of hydrogen-bond acceptors (Lipinski definition) is 7. The van der Waals surface area contributed by atoms with Gasteiger partial charge in [-0.05, 0) is 24.3 Å². The average molecular weight is 434 g/mol. The molecule has 1 saturated heterocycles. The number of halogens is 1. The highest BCUT2D eigenvalue weighted by atomic mass is 35.5. The third-order valence-electron chi connectivity index (χ3n) is 4.60. The van der Waals surface area contributed by atoms with Crippen LogP contribution < -0.4 is 9.64 Å². The molecule has 1 aliphatic rings. The Hall–Kier alpha value is -3.33. The third kappa shape index (κ3) is 5.60. The van der Waals surface area contributed by atoms with Crippen LogP contribution in [-0.4, -0.2) is 61.1 Å². The van der Waals surface area contributed by atoms with Gasteiger partial charge in [0.2, 0.25) is 0 Å². The van der Waals surface area contributed by atoms with Crippen LogP contribution in [0.2, 0.25) is 5.02 Å². The van der Waals surface area contributed by atoms with Crippen molar-refractivity contribution in [1.29, 1.82) is 0 Å². The van der Waals surface area contributed by atoms with Crippen LogP contribution in [0.4, 0.5) is 11.4 Å². The summed E-state index contributed by atoms with van der Waals surface area (Å²) in [5.74, 6) is -0.581. The molecular weight excluding hydrogens is 414 g/mol. The van der Waals surface area contributed by atoms with Crippen LogP contribution >= 0.6 is 11.6 Å². The second kappa shape index (κ2) is 9.93. The lowest BCUT2D eigenvalue weighted by atomic mass is 10.2. The first-order chi connectivity index (χ1) is 14.4. The number of nitro groups is 1. The quantitative estimate of drug-likeness (QED) is 0.375. The van der Waals surface area contributed by atoms with Crippen molar-refractivity contribution in [3.63, 3.8) is 0 Å². The molecule has 2 aromatic carbocycles. The maximum absolute atomic E-state index is 12.3. The zero-order chi connectivity index (χ0) is 21.5. The number of non-ortho nitro benzene ring substituents is 1. The fraction of sp³-hybridized carbons (Fsp3) is 0.300. The summed E-state index contributed by atoms with van der Waals surface area (Å²) in [4.78, 5) is 38.1. The van der Waals surface area contributed by atoms with Gasteiger partial charge in [-0.25, -0.2) is 4.79 Å². The van der Waals surface area contributed by atoms with Crippen molar-refractivity contribution in [1.82, 2.24) is 4.90 Å². The Bertz CT molecular complexity index is 913. The highest BCUT2D eigenvalue weighted by Gasteiger charge is 2.22. The Morgan fingerprint density at radius 3 is 2.30 bits per heavy atom. The summed E-state index contributed by atoms with van der Waals surface area (Å²) in [5, 5.41) is 11.1. The molecule has 0 spiro atoms. The van der Waals surface area contributed by atoms with Crippen LogP contribution in [0.5, 0.6) is 5.75 Å². The van der Waals surface area contributed by atoms with Crippen LogP contribution in [0, 0.1) is 10.1 Å². The monoisotopic (exact) mass is 433 g/mol. The van der Waals surface area contributed by atoms with Gasteiger partial charge in [-0.2, -0.15) is 0 Å². The van der Waals surface area contributed by atoms with Crippen molar-refractivity contribution in [2.75, 3.05) is 44.3 Å². The summed E-state index contributed by atoms with van der Waals surface area (Å²) >= 11 is 5.94. The van der Waals surface area contributed by atoms with Crippen LogP contribution in [0.15, 0.2) is 48.5 Å². The van der Waals surface area contributed by atoms with Gasteiger partial charge in [0.25, 0.3) is 11.6 Å². The number of benzene rings is 2. The Morgan fingerprint density at radius 1 is 1.00 bits per heavy atom. The molecule has 10 heteroatoms. The molecule has 1 fully saturated rings. The zero-order valence-corrected chi connectivity index (χ0v) is 16.8. The number of amides is 1. The number of hydrogen-bond donors (Lipinski definition) is 0. The summed E-state index contributed by atoms with van der Waals surface area (Å²) in [7, 11) is 0. The minimum atomic E-state index is -0.659. The van der Waals surface area contributed by atoms with E-state index in [0.29, 0.717) is 37.0 Å².